The highest BCUT2D eigenvalue weighted by Crippen LogP contribution is 2.40. The molecule has 26 heavy (non-hydrogen) atoms. The molecule has 1 saturated carbocycles. The molecule has 1 fully saturated rings. The van der Waals surface area contributed by atoms with Crippen molar-refractivity contribution >= 4 is 17.7 Å². The molecule has 138 valence electrons. The van der Waals surface area contributed by atoms with Gasteiger partial charge in [-0.05, 0) is 24.8 Å². The second-order valence-electron chi connectivity index (χ2n) is 6.62. The van der Waals surface area contributed by atoms with Crippen LogP contribution in [-0.4, -0.2) is 26.4 Å². The fourth-order valence-electron chi connectivity index (χ4n) is 3.01. The fraction of sp³-hybridized carbons (Fsp3) is 0.450. The molecule has 1 N–H and O–H groups in total. The van der Waals surface area contributed by atoms with Crippen molar-refractivity contribution in [2.24, 2.45) is 0 Å². The Morgan fingerprint density at radius 3 is 2.81 bits per heavy atom. The standard InChI is InChI=1S/C20H26N4OS/c1-3-8-17(15-9-6-5-7-10-15)21-18(25)14-26-20-23-22-19(16-11-12-16)24(20)13-4-2/h4-7,9-10,16-17H,2-3,8,11-14H2,1H3,(H,21,25). The van der Waals surface area contributed by atoms with E-state index in [1.54, 1.807) is 0 Å². The maximum atomic E-state index is 12.5. The molecule has 1 aliphatic carbocycles. The van der Waals surface area contributed by atoms with Gasteiger partial charge in [-0.15, -0.1) is 16.8 Å². The first kappa shape index (κ1) is 18.7. The number of rotatable bonds is 10. The van der Waals surface area contributed by atoms with E-state index in [1.807, 2.05) is 24.3 Å². The summed E-state index contributed by atoms with van der Waals surface area (Å²) < 4.78 is 2.09. The van der Waals surface area contributed by atoms with Crippen molar-refractivity contribution in [2.75, 3.05) is 5.75 Å². The molecule has 1 heterocycles. The van der Waals surface area contributed by atoms with E-state index in [9.17, 15) is 4.79 Å². The highest BCUT2D eigenvalue weighted by Gasteiger charge is 2.30. The number of thioether (sulfide) groups is 1. The minimum Gasteiger partial charge on any atom is -0.349 e. The highest BCUT2D eigenvalue weighted by molar-refractivity contribution is 7.99. The van der Waals surface area contributed by atoms with Crippen molar-refractivity contribution in [3.8, 4) is 0 Å². The molecule has 1 aliphatic rings. The van der Waals surface area contributed by atoms with Crippen molar-refractivity contribution in [3.05, 3.63) is 54.4 Å². The van der Waals surface area contributed by atoms with Gasteiger partial charge in [0.15, 0.2) is 5.16 Å². The number of hydrogen-bond acceptors (Lipinski definition) is 4. The Morgan fingerprint density at radius 2 is 2.15 bits per heavy atom. The van der Waals surface area contributed by atoms with E-state index in [0.717, 1.165) is 29.4 Å². The summed E-state index contributed by atoms with van der Waals surface area (Å²) in [5, 5.41) is 12.6. The van der Waals surface area contributed by atoms with Gasteiger partial charge in [0.1, 0.15) is 5.82 Å². The molecule has 1 atom stereocenters. The largest absolute Gasteiger partial charge is 0.349 e. The first-order valence-electron chi connectivity index (χ1n) is 9.24. The van der Waals surface area contributed by atoms with Crippen molar-refractivity contribution in [3.63, 3.8) is 0 Å². The van der Waals surface area contributed by atoms with E-state index in [0.29, 0.717) is 18.2 Å². The Labute approximate surface area is 159 Å². The van der Waals surface area contributed by atoms with Crippen LogP contribution in [0.15, 0.2) is 48.1 Å². The van der Waals surface area contributed by atoms with E-state index in [4.69, 9.17) is 0 Å². The molecule has 5 nitrogen and oxygen atoms in total. The minimum atomic E-state index is 0.0263. The molecule has 1 aromatic heterocycles. The molecule has 3 rings (SSSR count). The number of nitrogens with zero attached hydrogens (tertiary/aromatic N) is 3. The zero-order valence-corrected chi connectivity index (χ0v) is 16.0. The van der Waals surface area contributed by atoms with Gasteiger partial charge < -0.3 is 9.88 Å². The monoisotopic (exact) mass is 370 g/mol. The van der Waals surface area contributed by atoms with Gasteiger partial charge >= 0.3 is 0 Å². The molecule has 2 aromatic rings. The van der Waals surface area contributed by atoms with Crippen molar-refractivity contribution in [1.82, 2.24) is 20.1 Å². The average Bonchev–Trinajstić information content (AvgIpc) is 3.42. The summed E-state index contributed by atoms with van der Waals surface area (Å²) in [5.74, 6) is 1.92. The second kappa shape index (κ2) is 9.03. The number of carbonyl (C=O) groups excluding carboxylic acids is 1. The van der Waals surface area contributed by atoms with Gasteiger partial charge in [0.05, 0.1) is 11.8 Å². The maximum absolute atomic E-state index is 12.5. The van der Waals surface area contributed by atoms with E-state index >= 15 is 0 Å². The van der Waals surface area contributed by atoms with E-state index in [-0.39, 0.29) is 11.9 Å². The molecule has 0 radical (unpaired) electrons. The first-order chi connectivity index (χ1) is 12.7. The van der Waals surface area contributed by atoms with Crippen molar-refractivity contribution in [2.45, 2.75) is 56.3 Å². The lowest BCUT2D eigenvalue weighted by molar-refractivity contribution is -0.119. The van der Waals surface area contributed by atoms with Crippen LogP contribution in [0.5, 0.6) is 0 Å². The van der Waals surface area contributed by atoms with Gasteiger partial charge in [0.25, 0.3) is 0 Å². The van der Waals surface area contributed by atoms with Crippen LogP contribution in [0, 0.1) is 0 Å². The van der Waals surface area contributed by atoms with Crippen LogP contribution in [0.3, 0.4) is 0 Å². The molecule has 1 aromatic carbocycles. The Morgan fingerprint density at radius 1 is 1.38 bits per heavy atom. The third kappa shape index (κ3) is 4.75. The van der Waals surface area contributed by atoms with Gasteiger partial charge in [-0.2, -0.15) is 0 Å². The van der Waals surface area contributed by atoms with Crippen molar-refractivity contribution < 1.29 is 4.79 Å². The molecule has 0 spiro atoms. The van der Waals surface area contributed by atoms with Crippen molar-refractivity contribution in [1.29, 1.82) is 0 Å². The van der Waals surface area contributed by atoms with Gasteiger partial charge in [-0.3, -0.25) is 4.79 Å². The molecule has 0 bridgehead atoms. The molecule has 0 aliphatic heterocycles. The summed E-state index contributed by atoms with van der Waals surface area (Å²) in [7, 11) is 0. The lowest BCUT2D eigenvalue weighted by atomic mass is 10.0. The first-order valence-corrected chi connectivity index (χ1v) is 10.2. The topological polar surface area (TPSA) is 59.8 Å². The molecular weight excluding hydrogens is 344 g/mol. The number of allylic oxidation sites excluding steroid dienone is 1. The van der Waals surface area contributed by atoms with Gasteiger partial charge in [-0.25, -0.2) is 0 Å². The van der Waals surface area contributed by atoms with E-state index in [2.05, 4.69) is 45.7 Å². The lowest BCUT2D eigenvalue weighted by Gasteiger charge is -2.18. The summed E-state index contributed by atoms with van der Waals surface area (Å²) in [4.78, 5) is 12.5. The smallest absolute Gasteiger partial charge is 0.230 e. The quantitative estimate of drug-likeness (QED) is 0.505. The van der Waals surface area contributed by atoms with Crippen LogP contribution in [0.1, 0.15) is 56.0 Å². The van der Waals surface area contributed by atoms with Crippen LogP contribution >= 0.6 is 11.8 Å². The predicted octanol–water partition coefficient (Wildman–Crippen LogP) is 4.09. The summed E-state index contributed by atoms with van der Waals surface area (Å²) in [6.45, 7) is 6.64. The zero-order valence-electron chi connectivity index (χ0n) is 15.2. The third-order valence-corrected chi connectivity index (χ3v) is 5.41. The van der Waals surface area contributed by atoms with E-state index in [1.165, 1.54) is 24.6 Å². The van der Waals surface area contributed by atoms with Crippen LogP contribution in [0.25, 0.3) is 0 Å². The third-order valence-electron chi connectivity index (χ3n) is 4.45. The van der Waals surface area contributed by atoms with Gasteiger partial charge in [0.2, 0.25) is 5.91 Å². The number of nitrogens with one attached hydrogen (secondary N) is 1. The predicted molar refractivity (Wildman–Crippen MR) is 105 cm³/mol. The zero-order chi connectivity index (χ0) is 18.4. The Kier molecular flexibility index (Phi) is 6.50. The van der Waals surface area contributed by atoms with E-state index < -0.39 is 0 Å². The summed E-state index contributed by atoms with van der Waals surface area (Å²) in [5.41, 5.74) is 1.15. The normalized spacial score (nSPS) is 14.8. The number of hydrogen-bond donors (Lipinski definition) is 1. The number of amides is 1. The SMILES string of the molecule is C=CCn1c(SCC(=O)NC(CCC)c2ccccc2)nnc1C1CC1. The molecule has 1 unspecified atom stereocenters. The number of carbonyl (C=O) groups is 1. The fourth-order valence-corrected chi connectivity index (χ4v) is 3.78. The molecule has 6 heteroatoms. The highest BCUT2D eigenvalue weighted by atomic mass is 32.2. The molecule has 0 saturated heterocycles. The van der Waals surface area contributed by atoms with Crippen LogP contribution in [0.4, 0.5) is 0 Å². The Hall–Kier alpha value is -2.08. The molecule has 1 amide bonds. The number of benzene rings is 1. The Bertz CT molecular complexity index is 740. The van der Waals surface area contributed by atoms with Crippen LogP contribution < -0.4 is 5.32 Å². The van der Waals surface area contributed by atoms with Gasteiger partial charge in [0, 0.05) is 12.5 Å². The summed E-state index contributed by atoms with van der Waals surface area (Å²) in [6, 6.07) is 10.2. The molecular formula is C20H26N4OS. The second-order valence-corrected chi connectivity index (χ2v) is 7.56. The summed E-state index contributed by atoms with van der Waals surface area (Å²) >= 11 is 1.45. The minimum absolute atomic E-state index is 0.0263. The lowest BCUT2D eigenvalue weighted by Crippen LogP contribution is -2.30. The van der Waals surface area contributed by atoms with Crippen LogP contribution in [-0.2, 0) is 11.3 Å². The number of aromatic nitrogens is 3. The van der Waals surface area contributed by atoms with Gasteiger partial charge in [-0.1, -0.05) is 61.5 Å². The van der Waals surface area contributed by atoms with Crippen LogP contribution in [0.2, 0.25) is 0 Å². The Balaban J connectivity index is 1.60. The maximum Gasteiger partial charge on any atom is 0.230 e. The average molecular weight is 371 g/mol. The summed E-state index contributed by atoms with van der Waals surface area (Å²) in [6.07, 6.45) is 6.16.